The van der Waals surface area contributed by atoms with Gasteiger partial charge in [-0.1, -0.05) is 13.8 Å². The Morgan fingerprint density at radius 1 is 1.31 bits per heavy atom. The SMILES string of the molecule is CC(C)C(O)CNCc1cc(F)ccc1F. The Balaban J connectivity index is 2.45. The van der Waals surface area contributed by atoms with Crippen LogP contribution in [-0.2, 0) is 6.54 Å². The monoisotopic (exact) mass is 229 g/mol. The molecule has 0 bridgehead atoms. The van der Waals surface area contributed by atoms with E-state index in [1.54, 1.807) is 0 Å². The van der Waals surface area contributed by atoms with Gasteiger partial charge < -0.3 is 10.4 Å². The normalized spacial score (nSPS) is 13.1. The van der Waals surface area contributed by atoms with Crippen LogP contribution in [0.5, 0.6) is 0 Å². The molecule has 90 valence electrons. The van der Waals surface area contributed by atoms with Crippen molar-refractivity contribution in [3.05, 3.63) is 35.4 Å². The fourth-order valence-electron chi connectivity index (χ4n) is 1.27. The average molecular weight is 229 g/mol. The lowest BCUT2D eigenvalue weighted by molar-refractivity contribution is 0.123. The van der Waals surface area contributed by atoms with E-state index in [1.807, 2.05) is 13.8 Å². The Hall–Kier alpha value is -1.00. The zero-order valence-corrected chi connectivity index (χ0v) is 9.50. The summed E-state index contributed by atoms with van der Waals surface area (Å²) in [6.45, 7) is 4.38. The van der Waals surface area contributed by atoms with Gasteiger partial charge in [0.25, 0.3) is 0 Å². The molecule has 0 fully saturated rings. The Kier molecular flexibility index (Phi) is 4.83. The van der Waals surface area contributed by atoms with Crippen molar-refractivity contribution >= 4 is 0 Å². The van der Waals surface area contributed by atoms with Crippen LogP contribution in [0.3, 0.4) is 0 Å². The summed E-state index contributed by atoms with van der Waals surface area (Å²) in [6.07, 6.45) is -0.475. The first-order chi connectivity index (χ1) is 7.50. The zero-order chi connectivity index (χ0) is 12.1. The van der Waals surface area contributed by atoms with Gasteiger partial charge in [0.2, 0.25) is 0 Å². The molecule has 1 rings (SSSR count). The van der Waals surface area contributed by atoms with Crippen LogP contribution in [0.2, 0.25) is 0 Å². The van der Waals surface area contributed by atoms with Gasteiger partial charge in [-0.15, -0.1) is 0 Å². The van der Waals surface area contributed by atoms with Crippen LogP contribution in [0, 0.1) is 17.6 Å². The molecule has 1 atom stereocenters. The maximum atomic E-state index is 13.2. The van der Waals surface area contributed by atoms with E-state index in [0.717, 1.165) is 18.2 Å². The van der Waals surface area contributed by atoms with Crippen molar-refractivity contribution in [2.45, 2.75) is 26.5 Å². The predicted octanol–water partition coefficient (Wildman–Crippen LogP) is 2.07. The number of halogens is 2. The summed E-state index contributed by atoms with van der Waals surface area (Å²) in [5.74, 6) is -0.750. The minimum Gasteiger partial charge on any atom is -0.392 e. The van der Waals surface area contributed by atoms with Crippen LogP contribution in [-0.4, -0.2) is 17.8 Å². The van der Waals surface area contributed by atoms with Crippen molar-refractivity contribution in [1.82, 2.24) is 5.32 Å². The summed E-state index contributed by atoms with van der Waals surface area (Å²) in [6, 6.07) is 3.34. The maximum absolute atomic E-state index is 13.2. The molecule has 0 radical (unpaired) electrons. The second kappa shape index (κ2) is 5.92. The molecule has 0 heterocycles. The molecule has 4 heteroatoms. The highest BCUT2D eigenvalue weighted by Gasteiger charge is 2.09. The number of hydrogen-bond donors (Lipinski definition) is 2. The van der Waals surface area contributed by atoms with Crippen LogP contribution in [0.1, 0.15) is 19.4 Å². The molecule has 0 saturated heterocycles. The lowest BCUT2D eigenvalue weighted by atomic mass is 10.1. The average Bonchev–Trinajstić information content (AvgIpc) is 2.22. The van der Waals surface area contributed by atoms with E-state index < -0.39 is 17.7 Å². The van der Waals surface area contributed by atoms with E-state index in [4.69, 9.17) is 0 Å². The van der Waals surface area contributed by atoms with Crippen molar-refractivity contribution in [1.29, 1.82) is 0 Å². The van der Waals surface area contributed by atoms with Crippen LogP contribution in [0.15, 0.2) is 18.2 Å². The van der Waals surface area contributed by atoms with Crippen LogP contribution in [0.25, 0.3) is 0 Å². The number of nitrogens with one attached hydrogen (secondary N) is 1. The minimum absolute atomic E-state index is 0.143. The number of rotatable bonds is 5. The Bertz CT molecular complexity index is 342. The van der Waals surface area contributed by atoms with E-state index in [-0.39, 0.29) is 18.0 Å². The van der Waals surface area contributed by atoms with Gasteiger partial charge in [0.1, 0.15) is 11.6 Å². The Morgan fingerprint density at radius 2 is 2.00 bits per heavy atom. The first-order valence-electron chi connectivity index (χ1n) is 5.33. The van der Waals surface area contributed by atoms with Gasteiger partial charge in [0.05, 0.1) is 6.10 Å². The number of benzene rings is 1. The number of hydrogen-bond acceptors (Lipinski definition) is 2. The second-order valence-corrected chi connectivity index (χ2v) is 4.18. The highest BCUT2D eigenvalue weighted by Crippen LogP contribution is 2.09. The first-order valence-corrected chi connectivity index (χ1v) is 5.33. The molecule has 0 saturated carbocycles. The molecular formula is C12H17F2NO. The molecule has 2 nitrogen and oxygen atoms in total. The van der Waals surface area contributed by atoms with Crippen molar-refractivity contribution in [3.8, 4) is 0 Å². The second-order valence-electron chi connectivity index (χ2n) is 4.18. The molecule has 0 aliphatic heterocycles. The van der Waals surface area contributed by atoms with Gasteiger partial charge in [0, 0.05) is 18.7 Å². The Morgan fingerprint density at radius 3 is 2.62 bits per heavy atom. The van der Waals surface area contributed by atoms with Crippen molar-refractivity contribution < 1.29 is 13.9 Å². The molecule has 0 spiro atoms. The van der Waals surface area contributed by atoms with Gasteiger partial charge in [-0.25, -0.2) is 8.78 Å². The molecule has 0 aromatic heterocycles. The van der Waals surface area contributed by atoms with E-state index >= 15 is 0 Å². The maximum Gasteiger partial charge on any atom is 0.127 e. The smallest absolute Gasteiger partial charge is 0.127 e. The standard InChI is InChI=1S/C12H17F2NO/c1-8(2)12(16)7-15-6-9-5-10(13)3-4-11(9)14/h3-5,8,12,15-16H,6-7H2,1-2H3. The summed E-state index contributed by atoms with van der Waals surface area (Å²) in [4.78, 5) is 0. The predicted molar refractivity (Wildman–Crippen MR) is 58.9 cm³/mol. The topological polar surface area (TPSA) is 32.3 Å². The summed E-state index contributed by atoms with van der Waals surface area (Å²) < 4.78 is 26.0. The molecule has 2 N–H and O–H groups in total. The van der Waals surface area contributed by atoms with Gasteiger partial charge in [-0.3, -0.25) is 0 Å². The third-order valence-corrected chi connectivity index (χ3v) is 2.45. The van der Waals surface area contributed by atoms with Crippen LogP contribution >= 0.6 is 0 Å². The third kappa shape index (κ3) is 3.87. The molecule has 0 aliphatic carbocycles. The number of aliphatic hydroxyl groups excluding tert-OH is 1. The zero-order valence-electron chi connectivity index (χ0n) is 9.50. The molecule has 1 aromatic carbocycles. The highest BCUT2D eigenvalue weighted by atomic mass is 19.1. The number of aliphatic hydroxyl groups is 1. The van der Waals surface area contributed by atoms with Crippen LogP contribution < -0.4 is 5.32 Å². The van der Waals surface area contributed by atoms with Crippen molar-refractivity contribution in [2.75, 3.05) is 6.54 Å². The van der Waals surface area contributed by atoms with E-state index in [2.05, 4.69) is 5.32 Å². The summed E-state index contributed by atoms with van der Waals surface area (Å²) in [5, 5.41) is 12.4. The fraction of sp³-hybridized carbons (Fsp3) is 0.500. The van der Waals surface area contributed by atoms with E-state index in [0.29, 0.717) is 6.54 Å². The summed E-state index contributed by atoms with van der Waals surface area (Å²) >= 11 is 0. The van der Waals surface area contributed by atoms with Crippen molar-refractivity contribution in [2.24, 2.45) is 5.92 Å². The van der Waals surface area contributed by atoms with E-state index in [9.17, 15) is 13.9 Å². The van der Waals surface area contributed by atoms with Crippen LogP contribution in [0.4, 0.5) is 8.78 Å². The van der Waals surface area contributed by atoms with Gasteiger partial charge >= 0.3 is 0 Å². The minimum atomic E-state index is -0.475. The summed E-state index contributed by atoms with van der Waals surface area (Å²) in [5.41, 5.74) is 0.274. The molecule has 0 aliphatic rings. The fourth-order valence-corrected chi connectivity index (χ4v) is 1.27. The lowest BCUT2D eigenvalue weighted by Crippen LogP contribution is -2.30. The Labute approximate surface area is 94.3 Å². The van der Waals surface area contributed by atoms with Gasteiger partial charge in [-0.05, 0) is 24.1 Å². The lowest BCUT2D eigenvalue weighted by Gasteiger charge is -2.15. The highest BCUT2D eigenvalue weighted by molar-refractivity contribution is 5.18. The van der Waals surface area contributed by atoms with Crippen molar-refractivity contribution in [3.63, 3.8) is 0 Å². The quantitative estimate of drug-likeness (QED) is 0.810. The molecule has 16 heavy (non-hydrogen) atoms. The third-order valence-electron chi connectivity index (χ3n) is 2.45. The van der Waals surface area contributed by atoms with Gasteiger partial charge in [-0.2, -0.15) is 0 Å². The molecular weight excluding hydrogens is 212 g/mol. The molecule has 1 unspecified atom stereocenters. The molecule has 0 amide bonds. The summed E-state index contributed by atoms with van der Waals surface area (Å²) in [7, 11) is 0. The van der Waals surface area contributed by atoms with Gasteiger partial charge in [0.15, 0.2) is 0 Å². The largest absolute Gasteiger partial charge is 0.392 e. The first kappa shape index (κ1) is 13.1. The van der Waals surface area contributed by atoms with E-state index in [1.165, 1.54) is 0 Å². The molecule has 1 aromatic rings.